The van der Waals surface area contributed by atoms with E-state index in [2.05, 4.69) is 15.9 Å². The average molecular weight is 274 g/mol. The van der Waals surface area contributed by atoms with Gasteiger partial charge in [0, 0.05) is 11.8 Å². The molecular weight excluding hydrogens is 258 g/mol. The molecule has 2 bridgehead atoms. The van der Waals surface area contributed by atoms with Gasteiger partial charge in [0.25, 0.3) is 0 Å². The van der Waals surface area contributed by atoms with Crippen molar-refractivity contribution in [3.05, 3.63) is 0 Å². The summed E-state index contributed by atoms with van der Waals surface area (Å²) in [5.41, 5.74) is 4.66. The molecule has 2 aliphatic rings. The lowest BCUT2D eigenvalue weighted by Gasteiger charge is -2.40. The topological polar surface area (TPSA) is 60.2 Å². The second-order valence-corrected chi connectivity index (χ2v) is 7.04. The molecule has 0 saturated heterocycles. The van der Waals surface area contributed by atoms with Crippen LogP contribution >= 0.6 is 15.9 Å². The maximum atomic E-state index is 12.2. The number of primary amides is 1. The molecule has 3 nitrogen and oxygen atoms in total. The largest absolute Gasteiger partial charge is 0.370 e. The van der Waals surface area contributed by atoms with Crippen LogP contribution in [0.1, 0.15) is 39.5 Å². The van der Waals surface area contributed by atoms with Crippen molar-refractivity contribution in [2.45, 2.75) is 43.9 Å². The molecule has 2 fully saturated rings. The maximum Gasteiger partial charge on any atom is 0.218 e. The number of rotatable bonds is 2. The van der Waals surface area contributed by atoms with Crippen molar-refractivity contribution in [2.24, 2.45) is 16.6 Å². The quantitative estimate of drug-likeness (QED) is 0.780. The third kappa shape index (κ3) is 1.23. The van der Waals surface area contributed by atoms with Gasteiger partial charge in [-0.2, -0.15) is 0 Å². The van der Waals surface area contributed by atoms with Crippen LogP contribution in [0.4, 0.5) is 0 Å². The Morgan fingerprint density at radius 3 is 2.47 bits per heavy atom. The smallest absolute Gasteiger partial charge is 0.218 e. The number of nitrogens with two attached hydrogens (primary N) is 1. The van der Waals surface area contributed by atoms with Crippen molar-refractivity contribution < 1.29 is 9.59 Å². The Balaban J connectivity index is 2.42. The minimum atomic E-state index is -0.427. The molecule has 2 rings (SSSR count). The van der Waals surface area contributed by atoms with Crippen molar-refractivity contribution in [3.8, 4) is 0 Å². The molecule has 0 aromatic rings. The fraction of sp³-hybridized carbons (Fsp3) is 0.818. The van der Waals surface area contributed by atoms with Gasteiger partial charge in [-0.1, -0.05) is 29.8 Å². The van der Waals surface area contributed by atoms with Crippen LogP contribution in [0.15, 0.2) is 0 Å². The van der Waals surface area contributed by atoms with E-state index in [4.69, 9.17) is 5.73 Å². The zero-order valence-corrected chi connectivity index (χ0v) is 10.7. The van der Waals surface area contributed by atoms with E-state index in [0.29, 0.717) is 6.42 Å². The standard InChI is InChI=1S/C11H16BrNO2/c1-9(2)8(15)11(12)4-3-10(9,6-11)5-7(13)14/h3-6H2,1-2H3,(H2,13,14)/t10-,11-/m1/s1. The van der Waals surface area contributed by atoms with Gasteiger partial charge < -0.3 is 5.73 Å². The van der Waals surface area contributed by atoms with E-state index >= 15 is 0 Å². The number of hydrogen-bond donors (Lipinski definition) is 1. The summed E-state index contributed by atoms with van der Waals surface area (Å²) in [7, 11) is 0. The zero-order valence-electron chi connectivity index (χ0n) is 9.10. The van der Waals surface area contributed by atoms with Crippen molar-refractivity contribution in [1.29, 1.82) is 0 Å². The minimum absolute atomic E-state index is 0.209. The number of fused-ring (bicyclic) bond motifs is 2. The Bertz CT molecular complexity index is 352. The molecule has 0 aliphatic heterocycles. The molecule has 1 amide bonds. The second-order valence-electron chi connectivity index (χ2n) is 5.52. The van der Waals surface area contributed by atoms with E-state index in [1.54, 1.807) is 0 Å². The highest BCUT2D eigenvalue weighted by molar-refractivity contribution is 9.10. The molecule has 15 heavy (non-hydrogen) atoms. The molecule has 0 heterocycles. The van der Waals surface area contributed by atoms with Gasteiger partial charge in [0.2, 0.25) is 5.91 Å². The van der Waals surface area contributed by atoms with Crippen LogP contribution in [-0.2, 0) is 9.59 Å². The highest BCUT2D eigenvalue weighted by atomic mass is 79.9. The van der Waals surface area contributed by atoms with E-state index in [0.717, 1.165) is 19.3 Å². The Morgan fingerprint density at radius 1 is 1.47 bits per heavy atom. The van der Waals surface area contributed by atoms with Crippen LogP contribution in [0.3, 0.4) is 0 Å². The van der Waals surface area contributed by atoms with Crippen molar-refractivity contribution in [3.63, 3.8) is 0 Å². The van der Waals surface area contributed by atoms with E-state index in [-0.39, 0.29) is 21.4 Å². The molecule has 0 aromatic carbocycles. The first-order valence-electron chi connectivity index (χ1n) is 5.26. The number of amides is 1. The van der Waals surface area contributed by atoms with Gasteiger partial charge >= 0.3 is 0 Å². The summed E-state index contributed by atoms with van der Waals surface area (Å²) in [6.07, 6.45) is 2.84. The van der Waals surface area contributed by atoms with Gasteiger partial charge in [-0.05, 0) is 24.7 Å². The summed E-state index contributed by atoms with van der Waals surface area (Å²) < 4.78 is -0.383. The number of carbonyl (C=O) groups excluding carboxylic acids is 2. The lowest BCUT2D eigenvalue weighted by Crippen LogP contribution is -2.44. The molecule has 0 unspecified atom stereocenters. The first-order valence-corrected chi connectivity index (χ1v) is 6.05. The summed E-state index contributed by atoms with van der Waals surface area (Å²) in [5.74, 6) is -0.0583. The number of halogens is 1. The lowest BCUT2D eigenvalue weighted by atomic mass is 9.63. The normalized spacial score (nSPS) is 42.2. The monoisotopic (exact) mass is 273 g/mol. The van der Waals surface area contributed by atoms with Crippen molar-refractivity contribution in [2.75, 3.05) is 0 Å². The highest BCUT2D eigenvalue weighted by Crippen LogP contribution is 2.67. The fourth-order valence-electron chi connectivity index (χ4n) is 3.38. The molecule has 0 radical (unpaired) electrons. The molecule has 2 aliphatic carbocycles. The Morgan fingerprint density at radius 2 is 2.07 bits per heavy atom. The van der Waals surface area contributed by atoms with Gasteiger partial charge in [-0.3, -0.25) is 9.59 Å². The van der Waals surface area contributed by atoms with E-state index in [1.807, 2.05) is 13.8 Å². The summed E-state index contributed by atoms with van der Waals surface area (Å²) >= 11 is 3.55. The van der Waals surface area contributed by atoms with Gasteiger partial charge in [-0.15, -0.1) is 0 Å². The molecule has 2 saturated carbocycles. The molecule has 84 valence electrons. The minimum Gasteiger partial charge on any atom is -0.370 e. The fourth-order valence-corrected chi connectivity index (χ4v) is 4.61. The maximum absolute atomic E-state index is 12.2. The van der Waals surface area contributed by atoms with Gasteiger partial charge in [0.1, 0.15) is 0 Å². The highest BCUT2D eigenvalue weighted by Gasteiger charge is 2.68. The summed E-state index contributed by atoms with van der Waals surface area (Å²) in [4.78, 5) is 23.3. The number of hydrogen-bond acceptors (Lipinski definition) is 2. The Labute approximate surface area is 97.9 Å². The average Bonchev–Trinajstić information content (AvgIpc) is 2.48. The van der Waals surface area contributed by atoms with Crippen LogP contribution in [0, 0.1) is 10.8 Å². The molecule has 2 atom stereocenters. The predicted molar refractivity (Wildman–Crippen MR) is 60.5 cm³/mol. The van der Waals surface area contributed by atoms with Crippen LogP contribution in [0.2, 0.25) is 0 Å². The number of ketones is 1. The van der Waals surface area contributed by atoms with E-state index < -0.39 is 5.41 Å². The number of alkyl halides is 1. The first kappa shape index (κ1) is 11.1. The third-order valence-electron chi connectivity index (χ3n) is 4.43. The molecular formula is C11H16BrNO2. The summed E-state index contributed by atoms with van der Waals surface area (Å²) in [6.45, 7) is 3.89. The Hall–Kier alpha value is -0.380. The first-order chi connectivity index (χ1) is 6.74. The zero-order chi connectivity index (χ0) is 11.5. The predicted octanol–water partition coefficient (Wildman–Crippen LogP) is 1.77. The van der Waals surface area contributed by atoms with E-state index in [1.165, 1.54) is 0 Å². The number of Topliss-reactive ketones (excluding diaryl/α,β-unsaturated/α-hetero) is 1. The van der Waals surface area contributed by atoms with Gasteiger partial charge in [0.05, 0.1) is 4.32 Å². The summed E-state index contributed by atoms with van der Waals surface area (Å²) in [6, 6.07) is 0. The molecule has 2 N–H and O–H groups in total. The molecule has 0 aromatic heterocycles. The third-order valence-corrected chi connectivity index (χ3v) is 5.47. The second kappa shape index (κ2) is 2.84. The SMILES string of the molecule is CC1(C)C(=O)[C@@]2(Br)CC[C@@]1(CC(N)=O)C2. The van der Waals surface area contributed by atoms with Gasteiger partial charge in [0.15, 0.2) is 5.78 Å². The molecule has 0 spiro atoms. The lowest BCUT2D eigenvalue weighted by molar-refractivity contribution is -0.134. The van der Waals surface area contributed by atoms with Crippen LogP contribution in [-0.4, -0.2) is 16.0 Å². The Kier molecular flexibility index (Phi) is 2.11. The van der Waals surface area contributed by atoms with Crippen LogP contribution in [0.25, 0.3) is 0 Å². The molecule has 4 heteroatoms. The summed E-state index contributed by atoms with van der Waals surface area (Å²) in [5, 5.41) is 0. The van der Waals surface area contributed by atoms with E-state index in [9.17, 15) is 9.59 Å². The van der Waals surface area contributed by atoms with Gasteiger partial charge in [-0.25, -0.2) is 0 Å². The van der Waals surface area contributed by atoms with Crippen LogP contribution < -0.4 is 5.73 Å². The number of carbonyl (C=O) groups is 2. The van der Waals surface area contributed by atoms with Crippen molar-refractivity contribution in [1.82, 2.24) is 0 Å². The van der Waals surface area contributed by atoms with Crippen LogP contribution in [0.5, 0.6) is 0 Å². The van der Waals surface area contributed by atoms with Crippen molar-refractivity contribution >= 4 is 27.6 Å².